The Labute approximate surface area is 132 Å². The molecule has 0 bridgehead atoms. The molecular formula is C16H13ClN2OS. The summed E-state index contributed by atoms with van der Waals surface area (Å²) in [6.45, 7) is 0. The number of halogens is 1. The van der Waals surface area contributed by atoms with Gasteiger partial charge in [-0.2, -0.15) is 0 Å². The third kappa shape index (κ3) is 2.91. The zero-order chi connectivity index (χ0) is 14.7. The van der Waals surface area contributed by atoms with Gasteiger partial charge >= 0.3 is 0 Å². The van der Waals surface area contributed by atoms with E-state index >= 15 is 0 Å². The molecule has 0 aliphatic carbocycles. The number of pyridine rings is 1. The van der Waals surface area contributed by atoms with Crippen molar-refractivity contribution in [2.45, 2.75) is 5.88 Å². The van der Waals surface area contributed by atoms with E-state index < -0.39 is 0 Å². The number of thiazole rings is 1. The molecule has 0 amide bonds. The molecule has 0 aliphatic heterocycles. The van der Waals surface area contributed by atoms with Gasteiger partial charge in [-0.1, -0.05) is 0 Å². The van der Waals surface area contributed by atoms with Crippen molar-refractivity contribution in [3.63, 3.8) is 0 Å². The van der Waals surface area contributed by atoms with Crippen molar-refractivity contribution in [2.75, 3.05) is 7.11 Å². The van der Waals surface area contributed by atoms with E-state index in [1.807, 2.05) is 36.4 Å². The molecule has 106 valence electrons. The molecule has 3 aromatic rings. The Morgan fingerprint density at radius 1 is 1.05 bits per heavy atom. The Hall–Kier alpha value is -1.91. The maximum absolute atomic E-state index is 6.07. The van der Waals surface area contributed by atoms with Crippen LogP contribution in [0.15, 0.2) is 48.8 Å². The highest BCUT2D eigenvalue weighted by atomic mass is 35.5. The highest BCUT2D eigenvalue weighted by Crippen LogP contribution is 2.35. The van der Waals surface area contributed by atoms with Crippen molar-refractivity contribution < 1.29 is 4.74 Å². The topological polar surface area (TPSA) is 35.0 Å². The van der Waals surface area contributed by atoms with E-state index in [-0.39, 0.29) is 0 Å². The van der Waals surface area contributed by atoms with Gasteiger partial charge in [0, 0.05) is 28.4 Å². The molecule has 3 nitrogen and oxygen atoms in total. The van der Waals surface area contributed by atoms with Gasteiger partial charge in [-0.05, 0) is 36.4 Å². The number of aromatic nitrogens is 2. The molecule has 1 aromatic carbocycles. The van der Waals surface area contributed by atoms with Crippen molar-refractivity contribution in [1.82, 2.24) is 9.97 Å². The first kappa shape index (κ1) is 14.0. The molecule has 0 unspecified atom stereocenters. The zero-order valence-electron chi connectivity index (χ0n) is 11.4. The van der Waals surface area contributed by atoms with E-state index in [1.165, 1.54) is 0 Å². The Balaban J connectivity index is 2.03. The minimum atomic E-state index is 0.449. The van der Waals surface area contributed by atoms with E-state index in [2.05, 4.69) is 4.98 Å². The first-order valence-corrected chi connectivity index (χ1v) is 7.77. The molecule has 0 saturated carbocycles. The number of ether oxygens (including phenoxy) is 1. The lowest BCUT2D eigenvalue weighted by Crippen LogP contribution is -1.85. The lowest BCUT2D eigenvalue weighted by atomic mass is 10.1. The fraction of sp³-hybridized carbons (Fsp3) is 0.125. The quantitative estimate of drug-likeness (QED) is 0.659. The molecule has 0 saturated heterocycles. The average molecular weight is 317 g/mol. The van der Waals surface area contributed by atoms with Gasteiger partial charge in [0.1, 0.15) is 10.8 Å². The Morgan fingerprint density at radius 2 is 1.76 bits per heavy atom. The van der Waals surface area contributed by atoms with Crippen LogP contribution in [-0.4, -0.2) is 17.1 Å². The second-order valence-electron chi connectivity index (χ2n) is 4.39. The molecular weight excluding hydrogens is 304 g/mol. The van der Waals surface area contributed by atoms with Gasteiger partial charge in [0.15, 0.2) is 0 Å². The Morgan fingerprint density at radius 3 is 2.38 bits per heavy atom. The van der Waals surface area contributed by atoms with Crippen LogP contribution in [0, 0.1) is 0 Å². The van der Waals surface area contributed by atoms with Crippen LogP contribution in [-0.2, 0) is 5.88 Å². The van der Waals surface area contributed by atoms with E-state index in [0.29, 0.717) is 5.88 Å². The number of rotatable bonds is 4. The maximum Gasteiger partial charge on any atom is 0.124 e. The van der Waals surface area contributed by atoms with Crippen LogP contribution in [0.5, 0.6) is 5.75 Å². The summed E-state index contributed by atoms with van der Waals surface area (Å²) in [5.74, 6) is 1.28. The molecule has 3 rings (SSSR count). The van der Waals surface area contributed by atoms with Crippen LogP contribution in [0.4, 0.5) is 0 Å². The first-order valence-electron chi connectivity index (χ1n) is 6.42. The van der Waals surface area contributed by atoms with E-state index in [1.54, 1.807) is 30.8 Å². The van der Waals surface area contributed by atoms with Crippen LogP contribution in [0.1, 0.15) is 4.88 Å². The van der Waals surface area contributed by atoms with Gasteiger partial charge in [-0.3, -0.25) is 4.98 Å². The van der Waals surface area contributed by atoms with Crippen LogP contribution in [0.25, 0.3) is 21.8 Å². The summed E-state index contributed by atoms with van der Waals surface area (Å²) in [5, 5.41) is 0.957. The van der Waals surface area contributed by atoms with Crippen LogP contribution in [0.2, 0.25) is 0 Å². The van der Waals surface area contributed by atoms with Gasteiger partial charge in [0.05, 0.1) is 18.7 Å². The minimum absolute atomic E-state index is 0.449. The number of nitrogens with zero attached hydrogens (tertiary/aromatic N) is 2. The number of methoxy groups -OCH3 is 1. The normalized spacial score (nSPS) is 10.6. The van der Waals surface area contributed by atoms with Crippen molar-refractivity contribution >= 4 is 22.9 Å². The highest BCUT2D eigenvalue weighted by molar-refractivity contribution is 7.15. The van der Waals surface area contributed by atoms with Gasteiger partial charge in [-0.25, -0.2) is 4.98 Å². The van der Waals surface area contributed by atoms with Gasteiger partial charge in [0.25, 0.3) is 0 Å². The summed E-state index contributed by atoms with van der Waals surface area (Å²) in [4.78, 5) is 9.84. The summed E-state index contributed by atoms with van der Waals surface area (Å²) in [6.07, 6.45) is 3.54. The molecule has 5 heteroatoms. The largest absolute Gasteiger partial charge is 0.497 e. The summed E-state index contributed by atoms with van der Waals surface area (Å²) in [5.41, 5.74) is 3.04. The molecule has 0 fully saturated rings. The lowest BCUT2D eigenvalue weighted by Gasteiger charge is -2.02. The second-order valence-corrected chi connectivity index (χ2v) is 5.74. The Kier molecular flexibility index (Phi) is 4.18. The fourth-order valence-corrected chi connectivity index (χ4v) is 3.26. The van der Waals surface area contributed by atoms with E-state index in [9.17, 15) is 0 Å². The molecule has 0 aliphatic rings. The summed E-state index contributed by atoms with van der Waals surface area (Å²) in [6, 6.07) is 11.8. The molecule has 2 heterocycles. The second kappa shape index (κ2) is 6.24. The van der Waals surface area contributed by atoms with Crippen molar-refractivity contribution in [2.24, 2.45) is 0 Å². The summed E-state index contributed by atoms with van der Waals surface area (Å²) in [7, 11) is 1.66. The number of hydrogen-bond donors (Lipinski definition) is 0. The molecule has 0 spiro atoms. The van der Waals surface area contributed by atoms with Crippen LogP contribution >= 0.6 is 22.9 Å². The van der Waals surface area contributed by atoms with E-state index in [4.69, 9.17) is 21.3 Å². The number of alkyl halides is 1. The Bertz CT molecular complexity index is 726. The predicted molar refractivity (Wildman–Crippen MR) is 86.9 cm³/mol. The fourth-order valence-electron chi connectivity index (χ4n) is 2.03. The average Bonchev–Trinajstić information content (AvgIpc) is 3.00. The van der Waals surface area contributed by atoms with Crippen molar-refractivity contribution in [1.29, 1.82) is 0 Å². The first-order chi connectivity index (χ1) is 10.3. The number of benzene rings is 1. The predicted octanol–water partition coefficient (Wildman–Crippen LogP) is 4.62. The van der Waals surface area contributed by atoms with Crippen LogP contribution in [0.3, 0.4) is 0 Å². The van der Waals surface area contributed by atoms with Crippen molar-refractivity contribution in [3.8, 4) is 27.6 Å². The van der Waals surface area contributed by atoms with Gasteiger partial charge in [-0.15, -0.1) is 22.9 Å². The zero-order valence-corrected chi connectivity index (χ0v) is 13.0. The van der Waals surface area contributed by atoms with Crippen molar-refractivity contribution in [3.05, 3.63) is 53.7 Å². The summed E-state index contributed by atoms with van der Waals surface area (Å²) >= 11 is 7.69. The molecule has 2 aromatic heterocycles. The third-order valence-electron chi connectivity index (χ3n) is 3.11. The smallest absolute Gasteiger partial charge is 0.124 e. The highest BCUT2D eigenvalue weighted by Gasteiger charge is 2.13. The van der Waals surface area contributed by atoms with E-state index in [0.717, 1.165) is 32.5 Å². The summed E-state index contributed by atoms with van der Waals surface area (Å²) < 4.78 is 5.19. The lowest BCUT2D eigenvalue weighted by molar-refractivity contribution is 0.415. The molecule has 0 N–H and O–H groups in total. The molecule has 0 atom stereocenters. The standard InChI is InChI=1S/C16H13ClN2OS/c1-20-13-4-2-11(3-5-13)15-14(10-17)21-16(19-15)12-6-8-18-9-7-12/h2-9H,10H2,1H3. The van der Waals surface area contributed by atoms with Crippen LogP contribution < -0.4 is 4.74 Å². The third-order valence-corrected chi connectivity index (χ3v) is 4.64. The van der Waals surface area contributed by atoms with Gasteiger partial charge in [0.2, 0.25) is 0 Å². The monoisotopic (exact) mass is 316 g/mol. The SMILES string of the molecule is COc1ccc(-c2nc(-c3ccncc3)sc2CCl)cc1. The van der Waals surface area contributed by atoms with Gasteiger partial charge < -0.3 is 4.74 Å². The maximum atomic E-state index is 6.07. The molecule has 0 radical (unpaired) electrons. The number of hydrogen-bond acceptors (Lipinski definition) is 4. The minimum Gasteiger partial charge on any atom is -0.497 e. The molecule has 21 heavy (non-hydrogen) atoms.